The number of fused-ring (bicyclic) bond motifs is 1. The van der Waals surface area contributed by atoms with Crippen LogP contribution in [0.25, 0.3) is 17.0 Å². The Hall–Kier alpha value is -2.78. The minimum atomic E-state index is -0.123. The molecule has 0 aliphatic carbocycles. The first-order chi connectivity index (χ1) is 13.0. The number of methoxy groups -OCH3 is 1. The van der Waals surface area contributed by atoms with Gasteiger partial charge in [0.25, 0.3) is 5.91 Å². The number of thioether (sulfide) groups is 1. The van der Waals surface area contributed by atoms with E-state index in [9.17, 15) is 4.79 Å². The van der Waals surface area contributed by atoms with E-state index in [4.69, 9.17) is 4.74 Å². The zero-order chi connectivity index (χ0) is 19.0. The molecule has 0 atom stereocenters. The van der Waals surface area contributed by atoms with Gasteiger partial charge in [-0.1, -0.05) is 29.5 Å². The predicted octanol–water partition coefficient (Wildman–Crippen LogP) is 3.64. The second-order valence-electron chi connectivity index (χ2n) is 5.74. The van der Waals surface area contributed by atoms with Crippen LogP contribution in [0.4, 0.5) is 5.13 Å². The van der Waals surface area contributed by atoms with Gasteiger partial charge in [0.2, 0.25) is 5.13 Å². The molecule has 0 radical (unpaired) electrons. The fraction of sp³-hybridized carbons (Fsp3) is 0.167. The predicted molar refractivity (Wildman–Crippen MR) is 108 cm³/mol. The zero-order valence-corrected chi connectivity index (χ0v) is 16.5. The molecule has 1 saturated heterocycles. The summed E-state index contributed by atoms with van der Waals surface area (Å²) < 4.78 is 5.38. The van der Waals surface area contributed by atoms with Gasteiger partial charge in [0.15, 0.2) is 5.17 Å². The number of aryl methyl sites for hydroxylation is 1. The molecule has 9 heteroatoms. The number of rotatable bonds is 3. The Kier molecular flexibility index (Phi) is 4.63. The van der Waals surface area contributed by atoms with Gasteiger partial charge in [-0.15, -0.1) is 10.2 Å². The van der Waals surface area contributed by atoms with Crippen LogP contribution in [-0.4, -0.2) is 45.3 Å². The van der Waals surface area contributed by atoms with Gasteiger partial charge in [0.1, 0.15) is 16.3 Å². The van der Waals surface area contributed by atoms with Crippen molar-refractivity contribution in [3.05, 3.63) is 45.9 Å². The fourth-order valence-corrected chi connectivity index (χ4v) is 4.15. The second-order valence-corrected chi connectivity index (χ2v) is 7.91. The van der Waals surface area contributed by atoms with Crippen LogP contribution in [0.3, 0.4) is 0 Å². The number of hydrogen-bond acceptors (Lipinski definition) is 8. The van der Waals surface area contributed by atoms with Gasteiger partial charge in [-0.2, -0.15) is 4.99 Å². The highest BCUT2D eigenvalue weighted by atomic mass is 32.2. The Labute approximate surface area is 163 Å². The summed E-state index contributed by atoms with van der Waals surface area (Å²) in [6, 6.07) is 9.60. The van der Waals surface area contributed by atoms with Crippen LogP contribution in [0.2, 0.25) is 0 Å². The Morgan fingerprint density at radius 1 is 1.22 bits per heavy atom. The van der Waals surface area contributed by atoms with E-state index in [2.05, 4.69) is 20.2 Å². The van der Waals surface area contributed by atoms with Crippen LogP contribution in [0, 0.1) is 6.92 Å². The first-order valence-corrected chi connectivity index (χ1v) is 9.68. The van der Waals surface area contributed by atoms with E-state index in [1.54, 1.807) is 20.2 Å². The number of amides is 1. The Morgan fingerprint density at radius 2 is 2.07 bits per heavy atom. The van der Waals surface area contributed by atoms with Crippen LogP contribution in [0.15, 0.2) is 40.2 Å². The average Bonchev–Trinajstić information content (AvgIpc) is 3.20. The number of carbonyl (C=O) groups is 1. The van der Waals surface area contributed by atoms with E-state index < -0.39 is 0 Å². The molecule has 3 heterocycles. The third kappa shape index (κ3) is 3.43. The van der Waals surface area contributed by atoms with Crippen molar-refractivity contribution in [2.75, 3.05) is 14.2 Å². The maximum atomic E-state index is 12.6. The maximum absolute atomic E-state index is 12.6. The van der Waals surface area contributed by atoms with E-state index in [-0.39, 0.29) is 5.91 Å². The van der Waals surface area contributed by atoms with Crippen molar-refractivity contribution >= 4 is 56.3 Å². The van der Waals surface area contributed by atoms with Crippen molar-refractivity contribution in [1.82, 2.24) is 20.1 Å². The molecule has 1 fully saturated rings. The summed E-state index contributed by atoms with van der Waals surface area (Å²) in [6.45, 7) is 1.86. The number of benzene rings is 1. The summed E-state index contributed by atoms with van der Waals surface area (Å²) in [5, 5.41) is 10.8. The number of para-hydroxylation sites is 1. The minimum absolute atomic E-state index is 0.123. The number of aromatic nitrogens is 3. The van der Waals surface area contributed by atoms with Crippen molar-refractivity contribution in [3.63, 3.8) is 0 Å². The summed E-state index contributed by atoms with van der Waals surface area (Å²) in [5.41, 5.74) is 1.45. The van der Waals surface area contributed by atoms with Gasteiger partial charge in [-0.05, 0) is 36.9 Å². The molecule has 0 bridgehead atoms. The standard InChI is InChI=1S/C18H15N5O2S2/c1-10-21-22-17(26-10)20-18-23(2)16(24)14(27-18)9-12-8-7-11-5-4-6-13(25-3)15(11)19-12/h4-9H,1-3H3/b14-9-,20-18+. The smallest absolute Gasteiger partial charge is 0.266 e. The van der Waals surface area contributed by atoms with Crippen molar-refractivity contribution in [2.45, 2.75) is 6.92 Å². The lowest BCUT2D eigenvalue weighted by molar-refractivity contribution is -0.121. The molecule has 1 aromatic carbocycles. The number of aliphatic imine (C=N–C) groups is 1. The monoisotopic (exact) mass is 397 g/mol. The number of amidine groups is 1. The minimum Gasteiger partial charge on any atom is -0.494 e. The number of likely N-dealkylation sites (N-methyl/N-ethyl adjacent to an activating group) is 1. The maximum Gasteiger partial charge on any atom is 0.266 e. The van der Waals surface area contributed by atoms with Crippen LogP contribution in [0.5, 0.6) is 5.75 Å². The fourth-order valence-electron chi connectivity index (χ4n) is 2.58. The molecule has 3 aromatic rings. The van der Waals surface area contributed by atoms with Gasteiger partial charge < -0.3 is 4.74 Å². The van der Waals surface area contributed by atoms with E-state index >= 15 is 0 Å². The lowest BCUT2D eigenvalue weighted by Crippen LogP contribution is -2.23. The summed E-state index contributed by atoms with van der Waals surface area (Å²) in [6.07, 6.45) is 1.77. The zero-order valence-electron chi connectivity index (χ0n) is 14.8. The molecule has 1 aliphatic heterocycles. The lowest BCUT2D eigenvalue weighted by Gasteiger charge is -2.06. The SMILES string of the molecule is COc1cccc2ccc(/C=C3\S/C(=N/c4nnc(C)s4)N(C)C3=O)nc12. The van der Waals surface area contributed by atoms with E-state index in [0.717, 1.165) is 15.9 Å². The van der Waals surface area contributed by atoms with Gasteiger partial charge >= 0.3 is 0 Å². The van der Waals surface area contributed by atoms with Crippen molar-refractivity contribution in [3.8, 4) is 5.75 Å². The van der Waals surface area contributed by atoms with Gasteiger partial charge in [0, 0.05) is 12.4 Å². The third-order valence-electron chi connectivity index (χ3n) is 3.91. The van der Waals surface area contributed by atoms with Gasteiger partial charge in [-0.25, -0.2) is 4.98 Å². The summed E-state index contributed by atoms with van der Waals surface area (Å²) >= 11 is 2.68. The highest BCUT2D eigenvalue weighted by Crippen LogP contribution is 2.34. The topological polar surface area (TPSA) is 80.6 Å². The normalized spacial score (nSPS) is 17.4. The molecule has 136 valence electrons. The number of carbonyl (C=O) groups excluding carboxylic acids is 1. The molecule has 4 rings (SSSR count). The molecule has 1 amide bonds. The van der Waals surface area contributed by atoms with Crippen LogP contribution in [-0.2, 0) is 4.79 Å². The quantitative estimate of drug-likeness (QED) is 0.628. The van der Waals surface area contributed by atoms with E-state index in [1.807, 2.05) is 37.3 Å². The van der Waals surface area contributed by atoms with Crippen molar-refractivity contribution < 1.29 is 9.53 Å². The van der Waals surface area contributed by atoms with Crippen LogP contribution in [0.1, 0.15) is 10.7 Å². The highest BCUT2D eigenvalue weighted by Gasteiger charge is 2.30. The third-order valence-corrected chi connectivity index (χ3v) is 5.71. The van der Waals surface area contributed by atoms with Crippen LogP contribution < -0.4 is 4.74 Å². The average molecular weight is 397 g/mol. The molecule has 7 nitrogen and oxygen atoms in total. The molecular weight excluding hydrogens is 382 g/mol. The first-order valence-electron chi connectivity index (χ1n) is 8.05. The van der Waals surface area contributed by atoms with Crippen molar-refractivity contribution in [1.29, 1.82) is 0 Å². The summed E-state index contributed by atoms with van der Waals surface area (Å²) in [5.74, 6) is 0.575. The molecule has 1 aliphatic rings. The largest absolute Gasteiger partial charge is 0.494 e. The summed E-state index contributed by atoms with van der Waals surface area (Å²) in [7, 11) is 3.31. The summed E-state index contributed by atoms with van der Waals surface area (Å²) in [4.78, 5) is 23.7. The molecule has 0 saturated carbocycles. The molecule has 0 spiro atoms. The van der Waals surface area contributed by atoms with Crippen molar-refractivity contribution in [2.24, 2.45) is 4.99 Å². The Morgan fingerprint density at radius 3 is 2.81 bits per heavy atom. The van der Waals surface area contributed by atoms with Gasteiger partial charge in [-0.3, -0.25) is 9.69 Å². The van der Waals surface area contributed by atoms with Crippen LogP contribution >= 0.6 is 23.1 Å². The molecule has 0 unspecified atom stereocenters. The first kappa shape index (κ1) is 17.6. The number of hydrogen-bond donors (Lipinski definition) is 0. The molecule has 27 heavy (non-hydrogen) atoms. The number of nitrogens with zero attached hydrogens (tertiary/aromatic N) is 5. The molecule has 0 N–H and O–H groups in total. The Balaban J connectivity index is 1.69. The number of ether oxygens (including phenoxy) is 1. The Bertz CT molecular complexity index is 1110. The highest BCUT2D eigenvalue weighted by molar-refractivity contribution is 8.18. The lowest BCUT2D eigenvalue weighted by atomic mass is 10.2. The van der Waals surface area contributed by atoms with E-state index in [0.29, 0.717) is 26.6 Å². The second kappa shape index (κ2) is 7.09. The van der Waals surface area contributed by atoms with Gasteiger partial charge in [0.05, 0.1) is 17.7 Å². The number of pyridine rings is 1. The molecular formula is C18H15N5O2S2. The molecule has 2 aromatic heterocycles. The van der Waals surface area contributed by atoms with E-state index in [1.165, 1.54) is 28.0 Å².